The van der Waals surface area contributed by atoms with Crippen LogP contribution in [0.15, 0.2) is 24.5 Å². The van der Waals surface area contributed by atoms with Gasteiger partial charge in [-0.2, -0.15) is 9.97 Å². The maximum atomic E-state index is 12.9. The van der Waals surface area contributed by atoms with Gasteiger partial charge in [0.15, 0.2) is 5.78 Å². The molecule has 1 aliphatic rings. The summed E-state index contributed by atoms with van der Waals surface area (Å²) in [5.41, 5.74) is 2.34. The molecule has 0 unspecified atom stereocenters. The number of ketones is 1. The normalized spacial score (nSPS) is 16.2. The summed E-state index contributed by atoms with van der Waals surface area (Å²) in [7, 11) is 3.28. The van der Waals surface area contributed by atoms with E-state index in [1.54, 1.807) is 26.5 Å². The second kappa shape index (κ2) is 11.7. The lowest BCUT2D eigenvalue weighted by Gasteiger charge is -2.33. The minimum Gasteiger partial charge on any atom is -0.496 e. The van der Waals surface area contributed by atoms with Crippen molar-refractivity contribution < 1.29 is 24.1 Å². The maximum Gasteiger partial charge on any atom is 0.319 e. The van der Waals surface area contributed by atoms with Crippen molar-refractivity contribution in [1.29, 1.82) is 0 Å². The molecule has 2 atom stereocenters. The van der Waals surface area contributed by atoms with Crippen LogP contribution in [0.3, 0.4) is 0 Å². The van der Waals surface area contributed by atoms with Crippen LogP contribution in [0, 0.1) is 5.92 Å². The van der Waals surface area contributed by atoms with E-state index in [1.165, 1.54) is 5.56 Å². The minimum absolute atomic E-state index is 0.0560. The van der Waals surface area contributed by atoms with Gasteiger partial charge in [0.1, 0.15) is 29.0 Å². The number of aliphatic hydroxyl groups excluding tert-OH is 1. The zero-order valence-electron chi connectivity index (χ0n) is 21.4. The summed E-state index contributed by atoms with van der Waals surface area (Å²) >= 11 is 0. The molecule has 0 amide bonds. The predicted molar refractivity (Wildman–Crippen MR) is 136 cm³/mol. The lowest BCUT2D eigenvalue weighted by atomic mass is 9.89. The third kappa shape index (κ3) is 5.76. The third-order valence-corrected chi connectivity index (χ3v) is 6.58. The van der Waals surface area contributed by atoms with Crippen LogP contribution in [0.4, 0.5) is 5.82 Å². The van der Waals surface area contributed by atoms with E-state index < -0.39 is 0 Å². The molecule has 1 fully saturated rings. The quantitative estimate of drug-likeness (QED) is 0.384. The molecule has 0 aromatic carbocycles. The van der Waals surface area contributed by atoms with Crippen LogP contribution in [-0.4, -0.2) is 77.5 Å². The van der Waals surface area contributed by atoms with Crippen LogP contribution in [0.1, 0.15) is 55.1 Å². The Kier molecular flexibility index (Phi) is 8.37. The summed E-state index contributed by atoms with van der Waals surface area (Å²) < 4.78 is 16.6. The van der Waals surface area contributed by atoms with Crippen molar-refractivity contribution in [2.24, 2.45) is 5.92 Å². The first kappa shape index (κ1) is 25.8. The zero-order valence-corrected chi connectivity index (χ0v) is 21.4. The molecule has 36 heavy (non-hydrogen) atoms. The molecule has 10 nitrogen and oxygen atoms in total. The molecule has 0 spiro atoms. The van der Waals surface area contributed by atoms with Gasteiger partial charge in [-0.25, -0.2) is 4.98 Å². The number of piperidine rings is 1. The lowest BCUT2D eigenvalue weighted by Crippen LogP contribution is -2.34. The predicted octanol–water partition coefficient (Wildman–Crippen LogP) is 3.36. The average Bonchev–Trinajstić information content (AvgIpc) is 3.33. The number of aliphatic hydroxyl groups is 1. The van der Waals surface area contributed by atoms with Crippen molar-refractivity contribution in [2.75, 3.05) is 45.4 Å². The average molecular weight is 498 g/mol. The Morgan fingerprint density at radius 2 is 2.03 bits per heavy atom. The van der Waals surface area contributed by atoms with E-state index >= 15 is 0 Å². The van der Waals surface area contributed by atoms with Gasteiger partial charge in [0, 0.05) is 51.7 Å². The van der Waals surface area contributed by atoms with Gasteiger partial charge in [0.2, 0.25) is 0 Å². The van der Waals surface area contributed by atoms with Crippen molar-refractivity contribution in [3.8, 4) is 11.8 Å². The van der Waals surface area contributed by atoms with E-state index in [2.05, 4.69) is 24.8 Å². The van der Waals surface area contributed by atoms with Crippen LogP contribution in [0.5, 0.6) is 11.8 Å². The van der Waals surface area contributed by atoms with Gasteiger partial charge in [-0.15, -0.1) is 0 Å². The number of aromatic amines is 1. The molecular weight excluding hydrogens is 462 g/mol. The van der Waals surface area contributed by atoms with Gasteiger partial charge < -0.3 is 29.2 Å². The molecule has 0 aliphatic carbocycles. The number of methoxy groups -OCH3 is 2. The number of rotatable bonds is 11. The van der Waals surface area contributed by atoms with E-state index in [4.69, 9.17) is 14.2 Å². The fourth-order valence-electron chi connectivity index (χ4n) is 4.67. The number of carbonyl (C=O) groups excluding carboxylic acids is 1. The van der Waals surface area contributed by atoms with Crippen LogP contribution in [0.2, 0.25) is 0 Å². The Bertz CT molecular complexity index is 1170. The molecule has 2 N–H and O–H groups in total. The highest BCUT2D eigenvalue weighted by molar-refractivity contribution is 5.95. The Morgan fingerprint density at radius 1 is 1.25 bits per heavy atom. The second-order valence-electron chi connectivity index (χ2n) is 9.43. The highest BCUT2D eigenvalue weighted by atomic mass is 16.5. The van der Waals surface area contributed by atoms with Crippen LogP contribution in [-0.2, 0) is 4.74 Å². The number of pyridine rings is 1. The first-order chi connectivity index (χ1) is 17.4. The first-order valence-corrected chi connectivity index (χ1v) is 12.4. The van der Waals surface area contributed by atoms with Gasteiger partial charge in [0.25, 0.3) is 0 Å². The monoisotopic (exact) mass is 497 g/mol. The summed E-state index contributed by atoms with van der Waals surface area (Å²) in [6, 6.07) is 3.78. The van der Waals surface area contributed by atoms with Gasteiger partial charge in [0.05, 0.1) is 19.1 Å². The van der Waals surface area contributed by atoms with Crippen molar-refractivity contribution in [3.05, 3.63) is 35.8 Å². The molecule has 10 heteroatoms. The van der Waals surface area contributed by atoms with Crippen LogP contribution in [0.25, 0.3) is 11.0 Å². The van der Waals surface area contributed by atoms with E-state index in [9.17, 15) is 9.90 Å². The maximum absolute atomic E-state index is 12.9. The number of Topliss-reactive ketones (excluding diaryl/α,β-unsaturated/α-hetero) is 1. The highest BCUT2D eigenvalue weighted by Gasteiger charge is 2.27. The molecule has 0 saturated carbocycles. The van der Waals surface area contributed by atoms with Gasteiger partial charge in [-0.1, -0.05) is 6.92 Å². The molecule has 194 valence electrons. The molecular formula is C26H35N5O5. The number of hydrogen-bond acceptors (Lipinski definition) is 9. The lowest BCUT2D eigenvalue weighted by molar-refractivity contribution is 0.0842. The van der Waals surface area contributed by atoms with Crippen molar-refractivity contribution in [3.63, 3.8) is 0 Å². The highest BCUT2D eigenvalue weighted by Crippen LogP contribution is 2.37. The smallest absolute Gasteiger partial charge is 0.319 e. The summed E-state index contributed by atoms with van der Waals surface area (Å²) in [6.07, 6.45) is 5.55. The van der Waals surface area contributed by atoms with Crippen molar-refractivity contribution in [1.82, 2.24) is 19.9 Å². The number of anilines is 1. The largest absolute Gasteiger partial charge is 0.496 e. The fraction of sp³-hybridized carbons (Fsp3) is 0.538. The second-order valence-corrected chi connectivity index (χ2v) is 9.43. The SMILES string of the molecule is COC[C@H](C)Oc1nc(C(=O)C[C@H](C)CO)cc(N2CCC(c3c[nH]c4nccc(OC)c34)CC2)n1. The first-order valence-electron chi connectivity index (χ1n) is 12.4. The number of fused-ring (bicyclic) bond motifs is 1. The Balaban J connectivity index is 1.54. The van der Waals surface area contributed by atoms with E-state index in [0.717, 1.165) is 42.7 Å². The van der Waals surface area contributed by atoms with Crippen LogP contribution < -0.4 is 14.4 Å². The molecule has 1 saturated heterocycles. The summed E-state index contributed by atoms with van der Waals surface area (Å²) in [5, 5.41) is 10.4. The molecule has 1 aliphatic heterocycles. The standard InChI is InChI=1S/C26H35N5O5/c1-16(14-32)11-21(33)20-12-23(30-26(29-20)36-17(2)15-34-3)31-9-6-18(7-10-31)19-13-28-25-24(19)22(35-4)5-8-27-25/h5,8,12-13,16-18,32H,6-7,9-11,14-15H2,1-4H3,(H,27,28)/t16-,17-/m0/s1. The summed E-state index contributed by atoms with van der Waals surface area (Å²) in [5.74, 6) is 1.55. The van der Waals surface area contributed by atoms with Gasteiger partial charge in [-0.3, -0.25) is 4.79 Å². The van der Waals surface area contributed by atoms with E-state index in [1.807, 2.05) is 26.1 Å². The van der Waals surface area contributed by atoms with Crippen molar-refractivity contribution >= 4 is 22.6 Å². The number of nitrogens with zero attached hydrogens (tertiary/aromatic N) is 4. The van der Waals surface area contributed by atoms with Gasteiger partial charge in [-0.05, 0) is 43.2 Å². The van der Waals surface area contributed by atoms with Crippen molar-refractivity contribution in [2.45, 2.75) is 45.1 Å². The Morgan fingerprint density at radius 3 is 2.72 bits per heavy atom. The Hall–Kier alpha value is -3.24. The number of aromatic nitrogens is 4. The number of ether oxygens (including phenoxy) is 3. The third-order valence-electron chi connectivity index (χ3n) is 6.58. The molecule has 0 radical (unpaired) electrons. The summed E-state index contributed by atoms with van der Waals surface area (Å²) in [6.45, 7) is 5.56. The van der Waals surface area contributed by atoms with Crippen LogP contribution >= 0.6 is 0 Å². The zero-order chi connectivity index (χ0) is 25.7. The number of H-pyrrole nitrogens is 1. The Labute approximate surface area is 211 Å². The molecule has 0 bridgehead atoms. The van der Waals surface area contributed by atoms with E-state index in [-0.39, 0.29) is 36.8 Å². The number of nitrogens with one attached hydrogen (secondary N) is 1. The number of hydrogen-bond donors (Lipinski definition) is 2. The van der Waals surface area contributed by atoms with Gasteiger partial charge >= 0.3 is 6.01 Å². The summed E-state index contributed by atoms with van der Waals surface area (Å²) in [4.78, 5) is 31.8. The minimum atomic E-state index is -0.263. The molecule has 3 aromatic rings. The van der Waals surface area contributed by atoms with E-state index in [0.29, 0.717) is 24.0 Å². The molecule has 4 rings (SSSR count). The fourth-order valence-corrected chi connectivity index (χ4v) is 4.67. The molecule has 4 heterocycles. The molecule has 3 aromatic heterocycles. The topological polar surface area (TPSA) is 123 Å². The number of carbonyl (C=O) groups is 1.